The van der Waals surface area contributed by atoms with Gasteiger partial charge >= 0.3 is 0 Å². The van der Waals surface area contributed by atoms with E-state index in [4.69, 9.17) is 4.74 Å². The summed E-state index contributed by atoms with van der Waals surface area (Å²) in [5.74, 6) is -2.35. The Morgan fingerprint density at radius 2 is 1.85 bits per heavy atom. The van der Waals surface area contributed by atoms with Crippen molar-refractivity contribution in [1.29, 1.82) is 0 Å². The van der Waals surface area contributed by atoms with Gasteiger partial charge in [0.05, 0.1) is 25.1 Å². The van der Waals surface area contributed by atoms with E-state index in [9.17, 15) is 22.0 Å². The number of rotatable bonds is 7. The molecule has 27 heavy (non-hydrogen) atoms. The number of carbonyl (C=O) groups is 1. The fourth-order valence-electron chi connectivity index (χ4n) is 2.56. The summed E-state index contributed by atoms with van der Waals surface area (Å²) in [7, 11) is -2.40. The zero-order valence-corrected chi connectivity index (χ0v) is 15.9. The van der Waals surface area contributed by atoms with E-state index in [2.05, 4.69) is 5.32 Å². The van der Waals surface area contributed by atoms with E-state index in [0.717, 1.165) is 24.5 Å². The number of benzene rings is 2. The number of para-hydroxylation sites is 1. The van der Waals surface area contributed by atoms with Crippen LogP contribution in [0.1, 0.15) is 18.5 Å². The highest BCUT2D eigenvalue weighted by molar-refractivity contribution is 7.92. The second kappa shape index (κ2) is 8.34. The van der Waals surface area contributed by atoms with Crippen molar-refractivity contribution in [2.45, 2.75) is 13.0 Å². The number of anilines is 1. The van der Waals surface area contributed by atoms with Crippen LogP contribution in [0.5, 0.6) is 5.75 Å². The second-order valence-corrected chi connectivity index (χ2v) is 7.81. The van der Waals surface area contributed by atoms with E-state index in [1.807, 2.05) is 0 Å². The molecule has 2 rings (SSSR count). The molecule has 0 saturated carbocycles. The fraction of sp³-hybridized carbons (Fsp3) is 0.278. The van der Waals surface area contributed by atoms with Crippen LogP contribution in [0.2, 0.25) is 0 Å². The van der Waals surface area contributed by atoms with Crippen LogP contribution in [0.15, 0.2) is 42.5 Å². The summed E-state index contributed by atoms with van der Waals surface area (Å²) in [5, 5.41) is 2.68. The maximum atomic E-state index is 13.5. The molecule has 1 N–H and O–H groups in total. The van der Waals surface area contributed by atoms with Crippen LogP contribution in [0, 0.1) is 11.6 Å². The minimum Gasteiger partial charge on any atom is -0.496 e. The normalized spacial score (nSPS) is 12.3. The van der Waals surface area contributed by atoms with Crippen molar-refractivity contribution in [3.05, 3.63) is 59.7 Å². The zero-order chi connectivity index (χ0) is 20.2. The molecule has 146 valence electrons. The molecule has 0 fully saturated rings. The predicted molar refractivity (Wildman–Crippen MR) is 98.1 cm³/mol. The first kappa shape index (κ1) is 20.6. The molecule has 0 aliphatic heterocycles. The standard InChI is InChI=1S/C18H20F2N2O4S/c1-12(14-6-4-5-7-17(14)26-2)21-18(23)11-22(27(3,24)25)13-8-9-15(19)16(20)10-13/h4-10,12H,11H2,1-3H3,(H,21,23)/t12-/m1/s1. The first-order valence-electron chi connectivity index (χ1n) is 7.98. The maximum absolute atomic E-state index is 13.5. The summed E-state index contributed by atoms with van der Waals surface area (Å²) in [6.45, 7) is 1.14. The Morgan fingerprint density at radius 3 is 2.44 bits per heavy atom. The highest BCUT2D eigenvalue weighted by Crippen LogP contribution is 2.25. The van der Waals surface area contributed by atoms with Crippen LogP contribution < -0.4 is 14.4 Å². The largest absolute Gasteiger partial charge is 0.496 e. The van der Waals surface area contributed by atoms with Crippen LogP contribution in [-0.4, -0.2) is 34.2 Å². The topological polar surface area (TPSA) is 75.7 Å². The lowest BCUT2D eigenvalue weighted by atomic mass is 10.1. The fourth-order valence-corrected chi connectivity index (χ4v) is 3.41. The Kier molecular flexibility index (Phi) is 6.37. The van der Waals surface area contributed by atoms with Gasteiger partial charge in [-0.15, -0.1) is 0 Å². The van der Waals surface area contributed by atoms with Gasteiger partial charge in [0.25, 0.3) is 0 Å². The third-order valence-corrected chi connectivity index (χ3v) is 5.00. The molecular weight excluding hydrogens is 378 g/mol. The molecule has 0 aliphatic carbocycles. The monoisotopic (exact) mass is 398 g/mol. The summed E-state index contributed by atoms with van der Waals surface area (Å²) < 4.78 is 56.6. The quantitative estimate of drug-likeness (QED) is 0.778. The molecule has 2 aromatic carbocycles. The first-order valence-corrected chi connectivity index (χ1v) is 9.83. The van der Waals surface area contributed by atoms with Gasteiger partial charge in [-0.25, -0.2) is 17.2 Å². The van der Waals surface area contributed by atoms with Gasteiger partial charge in [-0.2, -0.15) is 0 Å². The highest BCUT2D eigenvalue weighted by atomic mass is 32.2. The summed E-state index contributed by atoms with van der Waals surface area (Å²) >= 11 is 0. The van der Waals surface area contributed by atoms with Crippen LogP contribution >= 0.6 is 0 Å². The van der Waals surface area contributed by atoms with Crippen molar-refractivity contribution in [3.8, 4) is 5.75 Å². The van der Waals surface area contributed by atoms with Crippen LogP contribution in [0.4, 0.5) is 14.5 Å². The average Bonchev–Trinajstić information content (AvgIpc) is 2.61. The minimum atomic E-state index is -3.90. The molecule has 1 amide bonds. The summed E-state index contributed by atoms with van der Waals surface area (Å²) in [6.07, 6.45) is 0.880. The number of amides is 1. The van der Waals surface area contributed by atoms with Crippen LogP contribution in [-0.2, 0) is 14.8 Å². The van der Waals surface area contributed by atoms with E-state index in [1.54, 1.807) is 31.2 Å². The Balaban J connectivity index is 2.20. The number of hydrogen-bond donors (Lipinski definition) is 1. The SMILES string of the molecule is COc1ccccc1[C@@H](C)NC(=O)CN(c1ccc(F)c(F)c1)S(C)(=O)=O. The number of halogens is 2. The molecule has 6 nitrogen and oxygen atoms in total. The third-order valence-electron chi connectivity index (χ3n) is 3.86. The smallest absolute Gasteiger partial charge is 0.241 e. The van der Waals surface area contributed by atoms with Gasteiger partial charge in [0, 0.05) is 11.6 Å². The van der Waals surface area contributed by atoms with E-state index < -0.39 is 40.2 Å². The van der Waals surface area contributed by atoms with Crippen molar-refractivity contribution in [1.82, 2.24) is 5.32 Å². The van der Waals surface area contributed by atoms with Crippen molar-refractivity contribution >= 4 is 21.6 Å². The molecule has 0 aliphatic rings. The van der Waals surface area contributed by atoms with Crippen molar-refractivity contribution in [2.75, 3.05) is 24.2 Å². The Labute approximate surface area is 156 Å². The summed E-state index contributed by atoms with van der Waals surface area (Å²) in [6, 6.07) is 9.24. The van der Waals surface area contributed by atoms with E-state index in [0.29, 0.717) is 15.6 Å². The van der Waals surface area contributed by atoms with E-state index in [1.165, 1.54) is 7.11 Å². The molecule has 0 radical (unpaired) electrons. The second-order valence-electron chi connectivity index (χ2n) is 5.90. The molecule has 0 unspecified atom stereocenters. The first-order chi connectivity index (χ1) is 12.6. The minimum absolute atomic E-state index is 0.142. The van der Waals surface area contributed by atoms with Crippen molar-refractivity contribution < 1.29 is 26.7 Å². The number of carbonyl (C=O) groups excluding carboxylic acids is 1. The predicted octanol–water partition coefficient (Wildman–Crippen LogP) is 2.62. The number of nitrogens with zero attached hydrogens (tertiary/aromatic N) is 1. The molecule has 0 spiro atoms. The van der Waals surface area contributed by atoms with Crippen molar-refractivity contribution in [2.24, 2.45) is 0 Å². The number of hydrogen-bond acceptors (Lipinski definition) is 4. The van der Waals surface area contributed by atoms with E-state index >= 15 is 0 Å². The van der Waals surface area contributed by atoms with Gasteiger partial charge in [0.2, 0.25) is 15.9 Å². The molecule has 0 bridgehead atoms. The van der Waals surface area contributed by atoms with Gasteiger partial charge in [0.15, 0.2) is 11.6 Å². The number of sulfonamides is 1. The van der Waals surface area contributed by atoms with Gasteiger partial charge in [-0.05, 0) is 25.1 Å². The molecule has 2 aromatic rings. The van der Waals surface area contributed by atoms with Crippen LogP contribution in [0.25, 0.3) is 0 Å². The summed E-state index contributed by atoms with van der Waals surface area (Å²) in [4.78, 5) is 12.4. The highest BCUT2D eigenvalue weighted by Gasteiger charge is 2.23. The van der Waals surface area contributed by atoms with Gasteiger partial charge in [0.1, 0.15) is 12.3 Å². The van der Waals surface area contributed by atoms with Crippen molar-refractivity contribution in [3.63, 3.8) is 0 Å². The van der Waals surface area contributed by atoms with Crippen LogP contribution in [0.3, 0.4) is 0 Å². The maximum Gasteiger partial charge on any atom is 0.241 e. The third kappa shape index (κ3) is 5.16. The van der Waals surface area contributed by atoms with Gasteiger partial charge < -0.3 is 10.1 Å². The van der Waals surface area contributed by atoms with E-state index in [-0.39, 0.29) is 5.69 Å². The van der Waals surface area contributed by atoms with Gasteiger partial charge in [-0.3, -0.25) is 9.10 Å². The molecule has 9 heteroatoms. The Morgan fingerprint density at radius 1 is 1.19 bits per heavy atom. The number of methoxy groups -OCH3 is 1. The summed E-state index contributed by atoms with van der Waals surface area (Å²) in [5.41, 5.74) is 0.573. The Hall–Kier alpha value is -2.68. The number of nitrogens with one attached hydrogen (secondary N) is 1. The average molecular weight is 398 g/mol. The van der Waals surface area contributed by atoms with Gasteiger partial charge in [-0.1, -0.05) is 18.2 Å². The molecular formula is C18H20F2N2O4S. The molecule has 0 heterocycles. The molecule has 1 atom stereocenters. The molecule has 0 saturated heterocycles. The number of ether oxygens (including phenoxy) is 1. The zero-order valence-electron chi connectivity index (χ0n) is 15.1. The Bertz CT molecular complexity index is 935. The molecule has 0 aromatic heterocycles. The lowest BCUT2D eigenvalue weighted by molar-refractivity contribution is -0.120. The lowest BCUT2D eigenvalue weighted by Gasteiger charge is -2.23. The lowest BCUT2D eigenvalue weighted by Crippen LogP contribution is -2.41.